The molecule has 0 saturated heterocycles. The quantitative estimate of drug-likeness (QED) is 0.697. The average molecular weight is 340 g/mol. The van der Waals surface area contributed by atoms with E-state index in [0.717, 1.165) is 17.0 Å². The maximum absolute atomic E-state index is 12.5. The molecule has 2 heterocycles. The van der Waals surface area contributed by atoms with Gasteiger partial charge in [-0.3, -0.25) is 9.59 Å². The molecule has 1 N–H and O–H groups in total. The van der Waals surface area contributed by atoms with Gasteiger partial charge in [-0.05, 0) is 31.9 Å². The van der Waals surface area contributed by atoms with Crippen LogP contribution in [0.3, 0.4) is 0 Å². The van der Waals surface area contributed by atoms with Crippen molar-refractivity contribution >= 4 is 28.3 Å². The van der Waals surface area contributed by atoms with Gasteiger partial charge in [-0.15, -0.1) is 0 Å². The van der Waals surface area contributed by atoms with E-state index in [2.05, 4.69) is 10.5 Å². The Balaban J connectivity index is 1.85. The predicted molar refractivity (Wildman–Crippen MR) is 93.9 cm³/mol. The molecule has 0 unspecified atom stereocenters. The molecule has 0 aliphatic heterocycles. The van der Waals surface area contributed by atoms with Crippen LogP contribution in [0, 0.1) is 13.8 Å². The summed E-state index contributed by atoms with van der Waals surface area (Å²) in [5.74, 6) is 0.410. The first-order valence-corrected chi connectivity index (χ1v) is 8.13. The molecule has 1 amide bonds. The molecule has 25 heavy (non-hydrogen) atoms. The maximum atomic E-state index is 12.5. The van der Waals surface area contributed by atoms with E-state index in [9.17, 15) is 9.59 Å². The summed E-state index contributed by atoms with van der Waals surface area (Å²) in [5.41, 5.74) is 2.73. The molecular formula is C19H20N2O4. The first-order chi connectivity index (χ1) is 11.9. The van der Waals surface area contributed by atoms with Crippen LogP contribution in [0.1, 0.15) is 53.8 Å². The van der Waals surface area contributed by atoms with Crippen LogP contribution in [0.25, 0.3) is 11.0 Å². The Morgan fingerprint density at radius 1 is 1.24 bits per heavy atom. The lowest BCUT2D eigenvalue weighted by Crippen LogP contribution is -2.16. The number of nitrogens with zero attached hydrogens (tertiary/aromatic N) is 1. The minimum absolute atomic E-state index is 0.0507. The fourth-order valence-electron chi connectivity index (χ4n) is 3.18. The summed E-state index contributed by atoms with van der Waals surface area (Å²) in [7, 11) is 0. The summed E-state index contributed by atoms with van der Waals surface area (Å²) in [6, 6.07) is 7.24. The Bertz CT molecular complexity index is 932. The Morgan fingerprint density at radius 3 is 2.60 bits per heavy atom. The highest BCUT2D eigenvalue weighted by Crippen LogP contribution is 2.32. The summed E-state index contributed by atoms with van der Waals surface area (Å²) < 4.78 is 10.8. The van der Waals surface area contributed by atoms with E-state index in [4.69, 9.17) is 8.94 Å². The molecule has 6 nitrogen and oxygen atoms in total. The molecule has 0 saturated carbocycles. The van der Waals surface area contributed by atoms with Gasteiger partial charge in [-0.1, -0.05) is 24.2 Å². The normalized spacial score (nSPS) is 12.3. The number of hydrogen-bond donors (Lipinski definition) is 1. The highest BCUT2D eigenvalue weighted by Gasteiger charge is 2.23. The van der Waals surface area contributed by atoms with Crippen LogP contribution < -0.4 is 5.32 Å². The monoisotopic (exact) mass is 340 g/mol. The third kappa shape index (κ3) is 3.20. The fourth-order valence-corrected chi connectivity index (χ4v) is 3.18. The van der Waals surface area contributed by atoms with Crippen LogP contribution in [0.4, 0.5) is 5.69 Å². The molecule has 0 aliphatic rings. The molecule has 1 aromatic carbocycles. The molecule has 2 aromatic heterocycles. The Hall–Kier alpha value is -2.89. The minimum Gasteiger partial charge on any atom is -0.451 e. The molecule has 0 radical (unpaired) electrons. The van der Waals surface area contributed by atoms with Crippen LogP contribution in [-0.2, 0) is 4.79 Å². The second-order valence-electron chi connectivity index (χ2n) is 6.25. The van der Waals surface area contributed by atoms with Gasteiger partial charge in [-0.25, -0.2) is 0 Å². The van der Waals surface area contributed by atoms with Crippen LogP contribution in [0.5, 0.6) is 0 Å². The highest BCUT2D eigenvalue weighted by molar-refractivity contribution is 6.10. The van der Waals surface area contributed by atoms with E-state index in [-0.39, 0.29) is 29.8 Å². The molecule has 1 atom stereocenters. The Labute approximate surface area is 145 Å². The van der Waals surface area contributed by atoms with Crippen molar-refractivity contribution in [2.75, 3.05) is 5.32 Å². The van der Waals surface area contributed by atoms with Crippen LogP contribution in [0.2, 0.25) is 0 Å². The van der Waals surface area contributed by atoms with Crippen molar-refractivity contribution in [3.63, 3.8) is 0 Å². The van der Waals surface area contributed by atoms with Crippen molar-refractivity contribution in [1.29, 1.82) is 0 Å². The average Bonchev–Trinajstić information content (AvgIpc) is 3.08. The number of anilines is 1. The molecule has 0 bridgehead atoms. The van der Waals surface area contributed by atoms with E-state index < -0.39 is 0 Å². The lowest BCUT2D eigenvalue weighted by Gasteiger charge is -2.11. The number of aromatic nitrogens is 1. The second kappa shape index (κ2) is 6.55. The third-order valence-electron chi connectivity index (χ3n) is 4.25. The lowest BCUT2D eigenvalue weighted by atomic mass is 9.96. The molecular weight excluding hydrogens is 320 g/mol. The molecule has 0 spiro atoms. The zero-order valence-electron chi connectivity index (χ0n) is 14.7. The number of carbonyl (C=O) groups is 2. The van der Waals surface area contributed by atoms with Crippen LogP contribution in [-0.4, -0.2) is 16.8 Å². The number of rotatable bonds is 5. The van der Waals surface area contributed by atoms with Gasteiger partial charge in [0.25, 0.3) is 0 Å². The van der Waals surface area contributed by atoms with Gasteiger partial charge in [-0.2, -0.15) is 0 Å². The number of fused-ring (bicyclic) bond motifs is 1. The summed E-state index contributed by atoms with van der Waals surface area (Å²) in [5, 5.41) is 7.49. The molecule has 130 valence electrons. The largest absolute Gasteiger partial charge is 0.451 e. The standard InChI is InChI=1S/C19H20N2O4/c1-10(17-11(2)21-25-13(17)4)9-16(23)20-18-14-7-5-6-8-15(14)24-19(18)12(3)22/h5-8,10H,9H2,1-4H3,(H,20,23)/t10-/m0/s1. The van der Waals surface area contributed by atoms with E-state index in [1.807, 2.05) is 39.0 Å². The number of nitrogens with one attached hydrogen (secondary N) is 1. The zero-order valence-corrected chi connectivity index (χ0v) is 14.7. The summed E-state index contributed by atoms with van der Waals surface area (Å²) in [6.07, 6.45) is 0.250. The molecule has 0 fully saturated rings. The smallest absolute Gasteiger partial charge is 0.225 e. The number of ketones is 1. The van der Waals surface area contributed by atoms with Crippen molar-refractivity contribution < 1.29 is 18.5 Å². The molecule has 3 aromatic rings. The van der Waals surface area contributed by atoms with E-state index in [1.54, 1.807) is 6.07 Å². The first kappa shape index (κ1) is 17.0. The van der Waals surface area contributed by atoms with E-state index >= 15 is 0 Å². The van der Waals surface area contributed by atoms with Crippen molar-refractivity contribution in [1.82, 2.24) is 5.16 Å². The number of amides is 1. The van der Waals surface area contributed by atoms with Crippen molar-refractivity contribution in [3.8, 4) is 0 Å². The Morgan fingerprint density at radius 2 is 1.96 bits per heavy atom. The zero-order chi connectivity index (χ0) is 18.1. The van der Waals surface area contributed by atoms with Crippen molar-refractivity contribution in [2.24, 2.45) is 0 Å². The van der Waals surface area contributed by atoms with Gasteiger partial charge in [0.15, 0.2) is 11.5 Å². The number of carbonyl (C=O) groups excluding carboxylic acids is 2. The highest BCUT2D eigenvalue weighted by atomic mass is 16.5. The number of benzene rings is 1. The van der Waals surface area contributed by atoms with Crippen LogP contribution >= 0.6 is 0 Å². The maximum Gasteiger partial charge on any atom is 0.225 e. The number of hydrogen-bond acceptors (Lipinski definition) is 5. The van der Waals surface area contributed by atoms with Crippen LogP contribution in [0.15, 0.2) is 33.2 Å². The predicted octanol–water partition coefficient (Wildman–Crippen LogP) is 4.37. The molecule has 6 heteroatoms. The molecule has 0 aliphatic carbocycles. The van der Waals surface area contributed by atoms with Gasteiger partial charge in [0.1, 0.15) is 11.3 Å². The van der Waals surface area contributed by atoms with Crippen molar-refractivity contribution in [3.05, 3.63) is 47.0 Å². The third-order valence-corrected chi connectivity index (χ3v) is 4.25. The lowest BCUT2D eigenvalue weighted by molar-refractivity contribution is -0.116. The van der Waals surface area contributed by atoms with Gasteiger partial charge in [0.2, 0.25) is 5.91 Å². The SMILES string of the molecule is CC(=O)c1oc2ccccc2c1NC(=O)C[C@H](C)c1c(C)noc1C. The van der Waals surface area contributed by atoms with Gasteiger partial charge in [0, 0.05) is 24.3 Å². The number of para-hydroxylation sites is 1. The summed E-state index contributed by atoms with van der Waals surface area (Å²) in [4.78, 5) is 24.4. The first-order valence-electron chi connectivity index (χ1n) is 8.13. The second-order valence-corrected chi connectivity index (χ2v) is 6.25. The van der Waals surface area contributed by atoms with E-state index in [0.29, 0.717) is 16.7 Å². The number of furan rings is 1. The van der Waals surface area contributed by atoms with Crippen molar-refractivity contribution in [2.45, 2.75) is 40.0 Å². The fraction of sp³-hybridized carbons (Fsp3) is 0.316. The van der Waals surface area contributed by atoms with Gasteiger partial charge < -0.3 is 14.3 Å². The minimum atomic E-state index is -0.231. The number of aryl methyl sites for hydroxylation is 2. The Kier molecular flexibility index (Phi) is 4.44. The number of Topliss-reactive ketones (excluding diaryl/α,β-unsaturated/α-hetero) is 1. The van der Waals surface area contributed by atoms with Gasteiger partial charge >= 0.3 is 0 Å². The summed E-state index contributed by atoms with van der Waals surface area (Å²) >= 11 is 0. The van der Waals surface area contributed by atoms with Gasteiger partial charge in [0.05, 0.1) is 11.4 Å². The van der Waals surface area contributed by atoms with E-state index in [1.165, 1.54) is 6.92 Å². The summed E-state index contributed by atoms with van der Waals surface area (Å²) in [6.45, 7) is 7.06. The topological polar surface area (TPSA) is 85.3 Å². The molecule has 3 rings (SSSR count).